The fourth-order valence-electron chi connectivity index (χ4n) is 2.09. The van der Waals surface area contributed by atoms with Gasteiger partial charge < -0.3 is 15.2 Å². The van der Waals surface area contributed by atoms with Gasteiger partial charge in [-0.1, -0.05) is 40.2 Å². The first-order chi connectivity index (χ1) is 10.1. The predicted molar refractivity (Wildman–Crippen MR) is 88.8 cm³/mol. The highest BCUT2D eigenvalue weighted by Gasteiger charge is 2.19. The fourth-order valence-corrected chi connectivity index (χ4v) is 2.35. The number of para-hydroxylation sites is 2. The summed E-state index contributed by atoms with van der Waals surface area (Å²) in [6.07, 6.45) is -0.222. The summed E-state index contributed by atoms with van der Waals surface area (Å²) in [4.78, 5) is 0. The lowest BCUT2D eigenvalue weighted by molar-refractivity contribution is 0.170. The van der Waals surface area contributed by atoms with Gasteiger partial charge >= 0.3 is 0 Å². The lowest BCUT2D eigenvalue weighted by Crippen LogP contribution is -2.29. The Kier molecular flexibility index (Phi) is 5.65. The molecule has 0 aliphatic carbocycles. The van der Waals surface area contributed by atoms with Crippen molar-refractivity contribution in [2.45, 2.75) is 26.0 Å². The molecule has 0 heterocycles. The Morgan fingerprint density at radius 1 is 1.05 bits per heavy atom. The maximum Gasteiger partial charge on any atom is 0.162 e. The van der Waals surface area contributed by atoms with Crippen LogP contribution in [0.3, 0.4) is 0 Å². The summed E-state index contributed by atoms with van der Waals surface area (Å²) in [5.74, 6) is 1.45. The van der Waals surface area contributed by atoms with E-state index < -0.39 is 0 Å². The van der Waals surface area contributed by atoms with Gasteiger partial charge in [0.25, 0.3) is 0 Å². The molecule has 0 fully saturated rings. The zero-order chi connectivity index (χ0) is 15.2. The van der Waals surface area contributed by atoms with E-state index in [1.807, 2.05) is 62.4 Å². The molecule has 0 radical (unpaired) electrons. The van der Waals surface area contributed by atoms with Crippen LogP contribution in [0.25, 0.3) is 0 Å². The Labute approximate surface area is 134 Å². The molecule has 0 amide bonds. The van der Waals surface area contributed by atoms with Gasteiger partial charge in [-0.15, -0.1) is 0 Å². The van der Waals surface area contributed by atoms with Crippen molar-refractivity contribution in [3.8, 4) is 11.5 Å². The minimum absolute atomic E-state index is 0.138. The molecular weight excluding hydrogens is 330 g/mol. The van der Waals surface area contributed by atoms with Crippen LogP contribution in [0.4, 0.5) is 0 Å². The zero-order valence-corrected chi connectivity index (χ0v) is 13.8. The quantitative estimate of drug-likeness (QED) is 0.844. The second-order valence-electron chi connectivity index (χ2n) is 4.83. The normalized spacial score (nSPS) is 13.5. The average Bonchev–Trinajstić information content (AvgIpc) is 2.47. The molecule has 21 heavy (non-hydrogen) atoms. The molecule has 0 bridgehead atoms. The van der Waals surface area contributed by atoms with Crippen molar-refractivity contribution < 1.29 is 9.47 Å². The van der Waals surface area contributed by atoms with E-state index in [1.54, 1.807) is 0 Å². The summed E-state index contributed by atoms with van der Waals surface area (Å²) >= 11 is 3.44. The van der Waals surface area contributed by atoms with E-state index in [2.05, 4.69) is 15.9 Å². The highest BCUT2D eigenvalue weighted by Crippen LogP contribution is 2.32. The average molecular weight is 350 g/mol. The molecule has 2 aromatic rings. The second kappa shape index (κ2) is 7.48. The first-order valence-electron chi connectivity index (χ1n) is 7.01. The van der Waals surface area contributed by atoms with Crippen LogP contribution < -0.4 is 15.2 Å². The minimum Gasteiger partial charge on any atom is -0.490 e. The van der Waals surface area contributed by atoms with Gasteiger partial charge in [0.2, 0.25) is 0 Å². The van der Waals surface area contributed by atoms with E-state index in [-0.39, 0.29) is 12.1 Å². The van der Waals surface area contributed by atoms with Crippen molar-refractivity contribution in [2.75, 3.05) is 6.61 Å². The third-order valence-electron chi connectivity index (χ3n) is 3.08. The van der Waals surface area contributed by atoms with E-state index in [9.17, 15) is 0 Å². The molecule has 2 atom stereocenters. The summed E-state index contributed by atoms with van der Waals surface area (Å²) < 4.78 is 12.8. The first-order valence-corrected chi connectivity index (χ1v) is 7.80. The van der Waals surface area contributed by atoms with Crippen molar-refractivity contribution in [1.82, 2.24) is 0 Å². The second-order valence-corrected chi connectivity index (χ2v) is 5.74. The van der Waals surface area contributed by atoms with Crippen molar-refractivity contribution in [2.24, 2.45) is 5.73 Å². The van der Waals surface area contributed by atoms with Gasteiger partial charge in [-0.25, -0.2) is 0 Å². The molecule has 0 aromatic heterocycles. The van der Waals surface area contributed by atoms with Crippen LogP contribution in [-0.4, -0.2) is 12.6 Å². The molecule has 0 saturated carbocycles. The monoisotopic (exact) mass is 349 g/mol. The molecule has 4 heteroatoms. The number of halogens is 1. The summed E-state index contributed by atoms with van der Waals surface area (Å²) in [6.45, 7) is 4.49. The fraction of sp³-hybridized carbons (Fsp3) is 0.294. The Hall–Kier alpha value is -1.52. The number of hydrogen-bond donors (Lipinski definition) is 1. The Morgan fingerprint density at radius 3 is 2.24 bits per heavy atom. The lowest BCUT2D eigenvalue weighted by atomic mass is 10.0. The van der Waals surface area contributed by atoms with Gasteiger partial charge in [0.1, 0.15) is 6.10 Å². The predicted octanol–water partition coefficient (Wildman–Crippen LogP) is 4.32. The Balaban J connectivity index is 2.26. The van der Waals surface area contributed by atoms with Crippen molar-refractivity contribution in [3.05, 3.63) is 58.6 Å². The molecule has 2 unspecified atom stereocenters. The third kappa shape index (κ3) is 4.22. The Bertz CT molecular complexity index is 569. The number of benzene rings is 2. The molecule has 0 saturated heterocycles. The van der Waals surface area contributed by atoms with E-state index in [1.165, 1.54) is 0 Å². The van der Waals surface area contributed by atoms with E-state index >= 15 is 0 Å². The van der Waals surface area contributed by atoms with Crippen LogP contribution >= 0.6 is 15.9 Å². The number of rotatable bonds is 6. The SMILES string of the molecule is CCOc1ccccc1OC(c1ccc(Br)cc1)C(C)N. The van der Waals surface area contributed by atoms with Crippen LogP contribution in [0.1, 0.15) is 25.5 Å². The first kappa shape index (κ1) is 15.9. The van der Waals surface area contributed by atoms with Gasteiger partial charge in [-0.2, -0.15) is 0 Å². The minimum atomic E-state index is -0.222. The van der Waals surface area contributed by atoms with E-state index in [0.717, 1.165) is 15.8 Å². The van der Waals surface area contributed by atoms with Crippen molar-refractivity contribution in [3.63, 3.8) is 0 Å². The van der Waals surface area contributed by atoms with Crippen LogP contribution in [0.2, 0.25) is 0 Å². The number of hydrogen-bond acceptors (Lipinski definition) is 3. The number of ether oxygens (including phenoxy) is 2. The molecule has 0 aliphatic rings. The molecule has 0 spiro atoms. The van der Waals surface area contributed by atoms with E-state index in [4.69, 9.17) is 15.2 Å². The standard InChI is InChI=1S/C17H20BrNO2/c1-3-20-15-6-4-5-7-16(15)21-17(12(2)19)13-8-10-14(18)11-9-13/h4-12,17H,3,19H2,1-2H3. The maximum absolute atomic E-state index is 6.12. The number of nitrogens with two attached hydrogens (primary N) is 1. The highest BCUT2D eigenvalue weighted by molar-refractivity contribution is 9.10. The van der Waals surface area contributed by atoms with Crippen molar-refractivity contribution >= 4 is 15.9 Å². The summed E-state index contributed by atoms with van der Waals surface area (Å²) in [6, 6.07) is 15.5. The van der Waals surface area contributed by atoms with Gasteiger partial charge in [0.05, 0.1) is 6.61 Å². The molecule has 0 aliphatic heterocycles. The summed E-state index contributed by atoms with van der Waals surface area (Å²) in [5, 5.41) is 0. The van der Waals surface area contributed by atoms with Crippen LogP contribution in [0.5, 0.6) is 11.5 Å². The van der Waals surface area contributed by atoms with Gasteiger partial charge in [-0.05, 0) is 43.7 Å². The maximum atomic E-state index is 6.12. The smallest absolute Gasteiger partial charge is 0.162 e. The molecular formula is C17H20BrNO2. The largest absolute Gasteiger partial charge is 0.490 e. The van der Waals surface area contributed by atoms with Crippen molar-refractivity contribution in [1.29, 1.82) is 0 Å². The molecule has 2 aromatic carbocycles. The highest BCUT2D eigenvalue weighted by atomic mass is 79.9. The summed E-state index contributed by atoms with van der Waals surface area (Å²) in [7, 11) is 0. The van der Waals surface area contributed by atoms with Gasteiger partial charge in [-0.3, -0.25) is 0 Å². The van der Waals surface area contributed by atoms with Gasteiger partial charge in [0, 0.05) is 10.5 Å². The van der Waals surface area contributed by atoms with Crippen LogP contribution in [0.15, 0.2) is 53.0 Å². The third-order valence-corrected chi connectivity index (χ3v) is 3.61. The molecule has 3 nitrogen and oxygen atoms in total. The molecule has 112 valence electrons. The molecule has 2 rings (SSSR count). The van der Waals surface area contributed by atoms with E-state index in [0.29, 0.717) is 12.4 Å². The van der Waals surface area contributed by atoms with Crippen LogP contribution in [-0.2, 0) is 0 Å². The van der Waals surface area contributed by atoms with Gasteiger partial charge in [0.15, 0.2) is 11.5 Å². The van der Waals surface area contributed by atoms with Crippen LogP contribution in [0, 0.1) is 0 Å². The lowest BCUT2D eigenvalue weighted by Gasteiger charge is -2.24. The Morgan fingerprint density at radius 2 is 1.67 bits per heavy atom. The molecule has 2 N–H and O–H groups in total. The zero-order valence-electron chi connectivity index (χ0n) is 12.3. The topological polar surface area (TPSA) is 44.5 Å². The summed E-state index contributed by atoms with van der Waals surface area (Å²) in [5.41, 5.74) is 7.14.